The van der Waals surface area contributed by atoms with E-state index in [4.69, 9.17) is 5.41 Å². The fourth-order valence-corrected chi connectivity index (χ4v) is 5.39. The van der Waals surface area contributed by atoms with E-state index in [1.807, 2.05) is 44.2 Å². The van der Waals surface area contributed by atoms with Crippen LogP contribution in [0.25, 0.3) is 16.7 Å². The molecular weight excluding hydrogens is 448 g/mol. The molecule has 34 heavy (non-hydrogen) atoms. The summed E-state index contributed by atoms with van der Waals surface area (Å²) < 4.78 is 29.9. The van der Waals surface area contributed by atoms with Crippen molar-refractivity contribution in [3.63, 3.8) is 0 Å². The van der Waals surface area contributed by atoms with Gasteiger partial charge in [-0.05, 0) is 49.2 Å². The van der Waals surface area contributed by atoms with Crippen molar-refractivity contribution in [2.24, 2.45) is 0 Å². The van der Waals surface area contributed by atoms with Crippen molar-refractivity contribution in [2.75, 3.05) is 0 Å². The first-order chi connectivity index (χ1) is 16.3. The lowest BCUT2D eigenvalue weighted by Gasteiger charge is -2.15. The summed E-state index contributed by atoms with van der Waals surface area (Å²) in [5.74, 6) is 0. The molecule has 0 bridgehead atoms. The number of nitrogens with one attached hydrogen (secondary N) is 1. The minimum atomic E-state index is -4.05. The lowest BCUT2D eigenvalue weighted by molar-refractivity contribution is 0.591. The smallest absolute Gasteiger partial charge is 0.267 e. The van der Waals surface area contributed by atoms with Crippen LogP contribution >= 0.6 is 0 Å². The Kier molecular flexibility index (Phi) is 5.17. The average molecular weight is 471 g/mol. The zero-order valence-corrected chi connectivity index (χ0v) is 19.5. The van der Waals surface area contributed by atoms with Crippen molar-refractivity contribution in [3.05, 3.63) is 112 Å². The monoisotopic (exact) mass is 470 g/mol. The number of aromatic nitrogens is 3. The highest BCUT2D eigenvalue weighted by Crippen LogP contribution is 2.21. The summed E-state index contributed by atoms with van der Waals surface area (Å²) in [6.07, 6.45) is 1.67. The van der Waals surface area contributed by atoms with Crippen LogP contribution in [0, 0.1) is 19.3 Å². The molecule has 0 spiro atoms. The van der Waals surface area contributed by atoms with Gasteiger partial charge < -0.3 is 4.57 Å². The maximum absolute atomic E-state index is 13.5. The predicted molar refractivity (Wildman–Crippen MR) is 130 cm³/mol. The molecule has 3 aromatic heterocycles. The molecule has 0 aliphatic rings. The summed E-state index contributed by atoms with van der Waals surface area (Å²) in [5, 5.41) is 9.01. The number of aryl methyl sites for hydroxylation is 2. The highest BCUT2D eigenvalue weighted by atomic mass is 32.2. The molecule has 8 heteroatoms. The van der Waals surface area contributed by atoms with Crippen LogP contribution in [0.2, 0.25) is 0 Å². The first kappa shape index (κ1) is 21.8. The Balaban J connectivity index is 1.88. The Morgan fingerprint density at radius 1 is 0.912 bits per heavy atom. The second-order valence-corrected chi connectivity index (χ2v) is 10.3. The fraction of sp³-hybridized carbons (Fsp3) is 0.115. The highest BCUT2D eigenvalue weighted by Gasteiger charge is 2.24. The number of hydrogen-bond acceptors (Lipinski definition) is 5. The van der Waals surface area contributed by atoms with Gasteiger partial charge in [-0.25, -0.2) is 13.4 Å². The zero-order chi connectivity index (χ0) is 24.0. The Bertz CT molecular complexity index is 1790. The largest absolute Gasteiger partial charge is 0.305 e. The van der Waals surface area contributed by atoms with Gasteiger partial charge in [0.1, 0.15) is 21.7 Å². The van der Waals surface area contributed by atoms with Gasteiger partial charge in [-0.15, -0.1) is 0 Å². The molecule has 5 rings (SSSR count). The van der Waals surface area contributed by atoms with Gasteiger partial charge in [0, 0.05) is 6.20 Å². The van der Waals surface area contributed by atoms with Crippen molar-refractivity contribution >= 4 is 26.5 Å². The Labute approximate surface area is 196 Å². The van der Waals surface area contributed by atoms with Gasteiger partial charge in [0.2, 0.25) is 9.84 Å². The van der Waals surface area contributed by atoms with E-state index < -0.39 is 9.84 Å². The summed E-state index contributed by atoms with van der Waals surface area (Å²) in [4.78, 5) is 18.0. The average Bonchev–Trinajstić information content (AvgIpc) is 2.83. The van der Waals surface area contributed by atoms with E-state index >= 15 is 0 Å². The molecule has 170 valence electrons. The second kappa shape index (κ2) is 8.07. The van der Waals surface area contributed by atoms with Crippen LogP contribution in [-0.2, 0) is 16.4 Å². The second-order valence-electron chi connectivity index (χ2n) is 8.33. The minimum absolute atomic E-state index is 0.0643. The third-order valence-electron chi connectivity index (χ3n) is 5.82. The first-order valence-corrected chi connectivity index (χ1v) is 12.2. The van der Waals surface area contributed by atoms with Gasteiger partial charge in [-0.2, -0.15) is 0 Å². The SMILES string of the molecule is Cc1ccc(Cn2c(=N)c(S(=O)(=O)c3ccccc3)cc3c(=O)n4cc(C)ccc4nc32)cc1. The first-order valence-electron chi connectivity index (χ1n) is 10.7. The van der Waals surface area contributed by atoms with Crippen molar-refractivity contribution in [3.8, 4) is 0 Å². The molecule has 0 radical (unpaired) electrons. The van der Waals surface area contributed by atoms with E-state index in [-0.39, 0.29) is 38.4 Å². The number of rotatable bonds is 4. The molecule has 1 N–H and O–H groups in total. The van der Waals surface area contributed by atoms with Crippen LogP contribution in [-0.4, -0.2) is 22.4 Å². The number of hydrogen-bond donors (Lipinski definition) is 1. The molecule has 0 saturated heterocycles. The molecule has 0 unspecified atom stereocenters. The van der Waals surface area contributed by atoms with E-state index in [2.05, 4.69) is 4.98 Å². The van der Waals surface area contributed by atoms with Crippen LogP contribution in [0.4, 0.5) is 0 Å². The van der Waals surface area contributed by atoms with Crippen LogP contribution in [0.15, 0.2) is 93.6 Å². The third kappa shape index (κ3) is 3.62. The molecular formula is C26H22N4O3S. The quantitative estimate of drug-likeness (QED) is 0.406. The topological polar surface area (TPSA) is 97.3 Å². The molecule has 3 heterocycles. The van der Waals surface area contributed by atoms with E-state index in [9.17, 15) is 13.2 Å². The maximum Gasteiger partial charge on any atom is 0.267 e. The van der Waals surface area contributed by atoms with Crippen molar-refractivity contribution in [1.29, 1.82) is 5.41 Å². The van der Waals surface area contributed by atoms with Crippen molar-refractivity contribution < 1.29 is 8.42 Å². The standard InChI is InChI=1S/C26H22N4O3S/c1-17-8-11-19(12-9-17)16-30-24(27)22(34(32,33)20-6-4-3-5-7-20)14-21-25(30)28-23-13-10-18(2)15-29(23)26(21)31/h3-15,27H,16H2,1-2H3. The van der Waals surface area contributed by atoms with E-state index in [0.717, 1.165) is 16.7 Å². The summed E-state index contributed by atoms with van der Waals surface area (Å²) in [6.45, 7) is 4.04. The van der Waals surface area contributed by atoms with Crippen molar-refractivity contribution in [1.82, 2.24) is 14.0 Å². The number of benzene rings is 2. The molecule has 0 aliphatic heterocycles. The summed E-state index contributed by atoms with van der Waals surface area (Å²) >= 11 is 0. The van der Waals surface area contributed by atoms with Crippen LogP contribution < -0.4 is 11.0 Å². The molecule has 5 aromatic rings. The number of sulfone groups is 1. The van der Waals surface area contributed by atoms with Gasteiger partial charge in [0.15, 0.2) is 0 Å². The van der Waals surface area contributed by atoms with E-state index in [0.29, 0.717) is 5.65 Å². The Morgan fingerprint density at radius 3 is 2.29 bits per heavy atom. The highest BCUT2D eigenvalue weighted by molar-refractivity contribution is 7.91. The molecule has 2 aromatic carbocycles. The zero-order valence-electron chi connectivity index (χ0n) is 18.7. The Morgan fingerprint density at radius 2 is 1.59 bits per heavy atom. The van der Waals surface area contributed by atoms with E-state index in [1.54, 1.807) is 30.5 Å². The molecule has 7 nitrogen and oxygen atoms in total. The van der Waals surface area contributed by atoms with Crippen LogP contribution in [0.1, 0.15) is 16.7 Å². The van der Waals surface area contributed by atoms with Crippen molar-refractivity contribution in [2.45, 2.75) is 30.2 Å². The number of nitrogens with zero attached hydrogens (tertiary/aromatic N) is 3. The lowest BCUT2D eigenvalue weighted by Crippen LogP contribution is -2.30. The van der Waals surface area contributed by atoms with Crippen LogP contribution in [0.5, 0.6) is 0 Å². The fourth-order valence-electron chi connectivity index (χ4n) is 3.98. The van der Waals surface area contributed by atoms with E-state index in [1.165, 1.54) is 27.2 Å². The molecule has 0 amide bonds. The molecule has 0 saturated carbocycles. The minimum Gasteiger partial charge on any atom is -0.305 e. The maximum atomic E-state index is 13.5. The summed E-state index contributed by atoms with van der Waals surface area (Å²) in [7, 11) is -4.05. The number of pyridine rings is 2. The van der Waals surface area contributed by atoms with Crippen LogP contribution in [0.3, 0.4) is 0 Å². The van der Waals surface area contributed by atoms with Gasteiger partial charge in [-0.3, -0.25) is 14.6 Å². The van der Waals surface area contributed by atoms with Gasteiger partial charge in [0.05, 0.1) is 16.8 Å². The summed E-state index contributed by atoms with van der Waals surface area (Å²) in [5.41, 5.74) is 2.92. The van der Waals surface area contributed by atoms with Gasteiger partial charge in [0.25, 0.3) is 5.56 Å². The van der Waals surface area contributed by atoms with Gasteiger partial charge >= 0.3 is 0 Å². The molecule has 0 aliphatic carbocycles. The predicted octanol–water partition coefficient (Wildman–Crippen LogP) is 3.63. The molecule has 0 atom stereocenters. The summed E-state index contributed by atoms with van der Waals surface area (Å²) in [6, 6.07) is 20.6. The third-order valence-corrected chi connectivity index (χ3v) is 7.61. The normalized spacial score (nSPS) is 11.8. The number of fused-ring (bicyclic) bond motifs is 2. The lowest BCUT2D eigenvalue weighted by atomic mass is 10.1. The molecule has 0 fully saturated rings. The Hall–Kier alpha value is -4.04. The van der Waals surface area contributed by atoms with Gasteiger partial charge in [-0.1, -0.05) is 54.1 Å².